The second-order valence-electron chi connectivity index (χ2n) is 7.56. The Balaban J connectivity index is 1.33. The summed E-state index contributed by atoms with van der Waals surface area (Å²) >= 11 is 0. The van der Waals surface area contributed by atoms with Crippen LogP contribution < -0.4 is 9.64 Å². The number of ether oxygens (including phenoxy) is 1. The summed E-state index contributed by atoms with van der Waals surface area (Å²) in [5.41, 5.74) is 1.03. The highest BCUT2D eigenvalue weighted by Crippen LogP contribution is 2.30. The van der Waals surface area contributed by atoms with Crippen LogP contribution >= 0.6 is 0 Å². The number of pyridine rings is 1. The molecule has 1 aromatic carbocycles. The molecule has 0 unspecified atom stereocenters. The van der Waals surface area contributed by atoms with Gasteiger partial charge in [-0.3, -0.25) is 9.78 Å². The molecule has 4 rings (SSSR count). The number of carbonyl (C=O) groups is 1. The number of anilines is 1. The first-order valence-corrected chi connectivity index (χ1v) is 11.4. The molecular formula is C20H21F3N4O4S. The minimum absolute atomic E-state index is 0.00388. The molecule has 172 valence electrons. The average Bonchev–Trinajstić information content (AvgIpc) is 2.72. The lowest BCUT2D eigenvalue weighted by atomic mass is 10.0. The van der Waals surface area contributed by atoms with Crippen molar-refractivity contribution in [1.82, 2.24) is 14.2 Å². The SMILES string of the molecule is O=C(C1CN(S(=O)(=O)c2cccc(OC(F)(F)F)c2)C1)N1CCN(c2ccncc2)CC1. The Morgan fingerprint density at radius 1 is 1.03 bits per heavy atom. The van der Waals surface area contributed by atoms with Crippen LogP contribution in [0.3, 0.4) is 0 Å². The molecule has 2 saturated heterocycles. The molecule has 32 heavy (non-hydrogen) atoms. The van der Waals surface area contributed by atoms with Crippen molar-refractivity contribution in [3.05, 3.63) is 48.8 Å². The van der Waals surface area contributed by atoms with Gasteiger partial charge >= 0.3 is 6.36 Å². The van der Waals surface area contributed by atoms with Gasteiger partial charge in [0.05, 0.1) is 10.8 Å². The summed E-state index contributed by atoms with van der Waals surface area (Å²) in [6, 6.07) is 8.04. The van der Waals surface area contributed by atoms with Crippen LogP contribution in [0.1, 0.15) is 0 Å². The fourth-order valence-electron chi connectivity index (χ4n) is 3.77. The first-order chi connectivity index (χ1) is 15.1. The van der Waals surface area contributed by atoms with Crippen LogP contribution in [0.4, 0.5) is 18.9 Å². The summed E-state index contributed by atoms with van der Waals surface area (Å²) in [6.07, 6.45) is -1.50. The van der Waals surface area contributed by atoms with Crippen molar-refractivity contribution in [3.63, 3.8) is 0 Å². The summed E-state index contributed by atoms with van der Waals surface area (Å²) in [7, 11) is -4.02. The number of amides is 1. The number of piperazine rings is 1. The number of aromatic nitrogens is 1. The fraction of sp³-hybridized carbons (Fsp3) is 0.400. The topological polar surface area (TPSA) is 83.0 Å². The zero-order chi connectivity index (χ0) is 22.9. The molecule has 0 N–H and O–H groups in total. The smallest absolute Gasteiger partial charge is 0.406 e. The highest BCUT2D eigenvalue weighted by Gasteiger charge is 2.42. The monoisotopic (exact) mass is 470 g/mol. The molecule has 0 atom stereocenters. The summed E-state index contributed by atoms with van der Waals surface area (Å²) < 4.78 is 67.6. The van der Waals surface area contributed by atoms with Crippen molar-refractivity contribution in [3.8, 4) is 5.75 Å². The van der Waals surface area contributed by atoms with Crippen LogP contribution in [-0.4, -0.2) is 74.1 Å². The first kappa shape index (κ1) is 22.3. The van der Waals surface area contributed by atoms with Crippen molar-refractivity contribution in [2.75, 3.05) is 44.2 Å². The van der Waals surface area contributed by atoms with Crippen LogP contribution in [0.5, 0.6) is 5.75 Å². The van der Waals surface area contributed by atoms with Crippen LogP contribution in [0.15, 0.2) is 53.7 Å². The van der Waals surface area contributed by atoms with Crippen LogP contribution in [-0.2, 0) is 14.8 Å². The maximum atomic E-state index is 12.8. The first-order valence-electron chi connectivity index (χ1n) is 9.93. The maximum absolute atomic E-state index is 12.8. The van der Waals surface area contributed by atoms with Gasteiger partial charge in [0.15, 0.2) is 0 Å². The highest BCUT2D eigenvalue weighted by atomic mass is 32.2. The molecule has 3 heterocycles. The summed E-state index contributed by atoms with van der Waals surface area (Å²) in [5.74, 6) is -1.19. The lowest BCUT2D eigenvalue weighted by Gasteiger charge is -2.42. The molecule has 0 radical (unpaired) electrons. The van der Waals surface area contributed by atoms with E-state index >= 15 is 0 Å². The molecule has 1 aromatic heterocycles. The minimum atomic E-state index is -4.92. The molecular weight excluding hydrogens is 449 g/mol. The molecule has 1 amide bonds. The van der Waals surface area contributed by atoms with Gasteiger partial charge in [-0.1, -0.05) is 6.07 Å². The zero-order valence-corrected chi connectivity index (χ0v) is 17.7. The fourth-order valence-corrected chi connectivity index (χ4v) is 5.34. The molecule has 2 fully saturated rings. The van der Waals surface area contributed by atoms with E-state index in [1.54, 1.807) is 17.3 Å². The Hall–Kier alpha value is -2.86. The Morgan fingerprint density at radius 3 is 2.31 bits per heavy atom. The number of sulfonamides is 1. The highest BCUT2D eigenvalue weighted by molar-refractivity contribution is 7.89. The van der Waals surface area contributed by atoms with E-state index in [-0.39, 0.29) is 23.9 Å². The number of hydrogen-bond donors (Lipinski definition) is 0. The van der Waals surface area contributed by atoms with Crippen LogP contribution in [0.2, 0.25) is 0 Å². The van der Waals surface area contributed by atoms with Gasteiger partial charge in [0, 0.05) is 63.4 Å². The van der Waals surface area contributed by atoms with Gasteiger partial charge in [0.1, 0.15) is 5.75 Å². The van der Waals surface area contributed by atoms with Gasteiger partial charge in [0.25, 0.3) is 0 Å². The van der Waals surface area contributed by atoms with E-state index in [2.05, 4.69) is 14.6 Å². The predicted octanol–water partition coefficient (Wildman–Crippen LogP) is 1.95. The molecule has 12 heteroatoms. The van der Waals surface area contributed by atoms with E-state index < -0.39 is 28.1 Å². The lowest BCUT2D eigenvalue weighted by Crippen LogP contribution is -2.59. The number of rotatable bonds is 5. The van der Waals surface area contributed by atoms with E-state index in [1.165, 1.54) is 12.1 Å². The van der Waals surface area contributed by atoms with Crippen molar-refractivity contribution in [1.29, 1.82) is 0 Å². The Labute approximate surface area is 183 Å². The van der Waals surface area contributed by atoms with Gasteiger partial charge in [-0.15, -0.1) is 13.2 Å². The molecule has 8 nitrogen and oxygen atoms in total. The minimum Gasteiger partial charge on any atom is -0.406 e. The number of halogens is 3. The van der Waals surface area contributed by atoms with Crippen LogP contribution in [0, 0.1) is 5.92 Å². The van der Waals surface area contributed by atoms with E-state index in [9.17, 15) is 26.4 Å². The van der Waals surface area contributed by atoms with Gasteiger partial charge in [-0.2, -0.15) is 4.31 Å². The van der Waals surface area contributed by atoms with Gasteiger partial charge in [-0.25, -0.2) is 8.42 Å². The Kier molecular flexibility index (Phi) is 5.99. The standard InChI is InChI=1S/C20H21F3N4O4S/c21-20(22,23)31-17-2-1-3-18(12-17)32(29,30)27-13-15(14-27)19(28)26-10-8-25(9-11-26)16-4-6-24-7-5-16/h1-7,12,15H,8-11,13-14H2. The zero-order valence-electron chi connectivity index (χ0n) is 16.9. The quantitative estimate of drug-likeness (QED) is 0.665. The summed E-state index contributed by atoms with van der Waals surface area (Å²) in [5, 5.41) is 0. The normalized spacial score (nSPS) is 18.3. The molecule has 2 aliphatic rings. The summed E-state index contributed by atoms with van der Waals surface area (Å²) in [4.78, 5) is 20.3. The van der Waals surface area contributed by atoms with E-state index in [4.69, 9.17) is 0 Å². The molecule has 0 saturated carbocycles. The molecule has 2 aliphatic heterocycles. The number of alkyl halides is 3. The third kappa shape index (κ3) is 4.80. The summed E-state index contributed by atoms with van der Waals surface area (Å²) in [6.45, 7) is 2.38. The second-order valence-corrected chi connectivity index (χ2v) is 9.50. The van der Waals surface area contributed by atoms with Crippen LogP contribution in [0.25, 0.3) is 0 Å². The molecule has 0 bridgehead atoms. The van der Waals surface area contributed by atoms with Crippen molar-refractivity contribution >= 4 is 21.6 Å². The number of carbonyl (C=O) groups excluding carboxylic acids is 1. The number of nitrogens with zero attached hydrogens (tertiary/aromatic N) is 4. The van der Waals surface area contributed by atoms with Gasteiger partial charge < -0.3 is 14.5 Å². The largest absolute Gasteiger partial charge is 0.573 e. The average molecular weight is 470 g/mol. The third-order valence-corrected chi connectivity index (χ3v) is 7.32. The molecule has 0 spiro atoms. The van der Waals surface area contributed by atoms with Gasteiger partial charge in [-0.05, 0) is 24.3 Å². The molecule has 0 aliphatic carbocycles. The maximum Gasteiger partial charge on any atom is 0.573 e. The van der Waals surface area contributed by atoms with Crippen molar-refractivity contribution < 1.29 is 31.1 Å². The number of hydrogen-bond acceptors (Lipinski definition) is 6. The predicted molar refractivity (Wildman–Crippen MR) is 108 cm³/mol. The van der Waals surface area contributed by atoms with Crippen molar-refractivity contribution in [2.24, 2.45) is 5.92 Å². The third-order valence-electron chi connectivity index (χ3n) is 5.49. The van der Waals surface area contributed by atoms with E-state index in [0.717, 1.165) is 22.1 Å². The Bertz CT molecular complexity index is 1070. The van der Waals surface area contributed by atoms with Crippen molar-refractivity contribution in [2.45, 2.75) is 11.3 Å². The Morgan fingerprint density at radius 2 is 1.69 bits per heavy atom. The second kappa shape index (κ2) is 8.58. The number of benzene rings is 1. The molecule has 2 aromatic rings. The van der Waals surface area contributed by atoms with E-state index in [0.29, 0.717) is 26.2 Å². The lowest BCUT2D eigenvalue weighted by molar-refractivity contribution is -0.274. The van der Waals surface area contributed by atoms with Gasteiger partial charge in [0.2, 0.25) is 15.9 Å². The van der Waals surface area contributed by atoms with E-state index in [1.807, 2.05) is 12.1 Å².